The summed E-state index contributed by atoms with van der Waals surface area (Å²) in [6.45, 7) is 0.251. The minimum atomic E-state index is -0.882. The molecule has 42 heavy (non-hydrogen) atoms. The summed E-state index contributed by atoms with van der Waals surface area (Å²) >= 11 is 6.45. The zero-order valence-electron chi connectivity index (χ0n) is 22.3. The Morgan fingerprint density at radius 1 is 0.881 bits per heavy atom. The normalized spacial score (nSPS) is 14.1. The van der Waals surface area contributed by atoms with E-state index in [4.69, 9.17) is 25.8 Å². The van der Waals surface area contributed by atoms with E-state index in [2.05, 4.69) is 5.32 Å². The second-order valence-corrected chi connectivity index (χ2v) is 9.55. The first-order chi connectivity index (χ1) is 20.3. The van der Waals surface area contributed by atoms with Crippen LogP contribution in [0.15, 0.2) is 96.6 Å². The molecule has 4 aromatic rings. The van der Waals surface area contributed by atoms with Crippen LogP contribution in [0.3, 0.4) is 0 Å². The number of imide groups is 2. The molecule has 1 aliphatic rings. The van der Waals surface area contributed by atoms with Crippen molar-refractivity contribution in [1.82, 2.24) is 5.32 Å². The Hall–Kier alpha value is -5.15. The molecule has 1 heterocycles. The van der Waals surface area contributed by atoms with Crippen molar-refractivity contribution >= 4 is 41.2 Å². The Kier molecular flexibility index (Phi) is 8.50. The average Bonchev–Trinajstić information content (AvgIpc) is 2.99. The number of urea groups is 1. The Morgan fingerprint density at radius 3 is 2.31 bits per heavy atom. The summed E-state index contributed by atoms with van der Waals surface area (Å²) in [5.41, 5.74) is 1.61. The number of anilines is 1. The van der Waals surface area contributed by atoms with E-state index >= 15 is 0 Å². The van der Waals surface area contributed by atoms with E-state index in [9.17, 15) is 18.8 Å². The van der Waals surface area contributed by atoms with Gasteiger partial charge >= 0.3 is 6.03 Å². The monoisotopic (exact) mass is 586 g/mol. The van der Waals surface area contributed by atoms with Gasteiger partial charge < -0.3 is 14.2 Å². The largest absolute Gasteiger partial charge is 0.493 e. The number of ether oxygens (including phenoxy) is 3. The van der Waals surface area contributed by atoms with Gasteiger partial charge in [-0.2, -0.15) is 0 Å². The summed E-state index contributed by atoms with van der Waals surface area (Å²) in [5, 5.41) is 2.30. The second kappa shape index (κ2) is 12.6. The molecule has 0 spiro atoms. The van der Waals surface area contributed by atoms with Gasteiger partial charge in [-0.15, -0.1) is 0 Å². The van der Waals surface area contributed by atoms with E-state index < -0.39 is 23.7 Å². The molecule has 4 aromatic carbocycles. The van der Waals surface area contributed by atoms with Crippen LogP contribution in [0.5, 0.6) is 17.2 Å². The summed E-state index contributed by atoms with van der Waals surface area (Å²) in [6, 6.07) is 24.2. The number of benzene rings is 4. The zero-order valence-corrected chi connectivity index (χ0v) is 23.1. The minimum Gasteiger partial charge on any atom is -0.493 e. The lowest BCUT2D eigenvalue weighted by atomic mass is 10.1. The van der Waals surface area contributed by atoms with Gasteiger partial charge in [-0.05, 0) is 59.7 Å². The molecule has 0 radical (unpaired) electrons. The van der Waals surface area contributed by atoms with Crippen LogP contribution in [0, 0.1) is 5.82 Å². The number of carbonyl (C=O) groups excluding carboxylic acids is 3. The predicted octanol–water partition coefficient (Wildman–Crippen LogP) is 6.31. The fourth-order valence-electron chi connectivity index (χ4n) is 4.22. The van der Waals surface area contributed by atoms with Crippen molar-refractivity contribution in [2.75, 3.05) is 12.0 Å². The summed E-state index contributed by atoms with van der Waals surface area (Å²) in [5.74, 6) is -1.21. The molecule has 1 aliphatic heterocycles. The standard InChI is InChI=1S/C32H24ClFN2O6/c1-40-28-17-21(16-26(33)29(28)42-19-22-9-5-6-10-27(22)34)15-25-30(37)35-32(39)36(31(25)38)23-11-13-24(14-12-23)41-18-20-7-3-2-4-8-20/h2-17H,18-19H2,1H3,(H,35,37,39)/b25-15+. The molecule has 0 saturated carbocycles. The summed E-state index contributed by atoms with van der Waals surface area (Å²) < 4.78 is 30.9. The van der Waals surface area contributed by atoms with Gasteiger partial charge in [-0.3, -0.25) is 14.9 Å². The molecule has 0 atom stereocenters. The lowest BCUT2D eigenvalue weighted by molar-refractivity contribution is -0.122. The summed E-state index contributed by atoms with van der Waals surface area (Å²) in [7, 11) is 1.39. The van der Waals surface area contributed by atoms with Crippen LogP contribution < -0.4 is 24.4 Å². The molecular formula is C32H24ClFN2O6. The number of hydrogen-bond donors (Lipinski definition) is 1. The number of methoxy groups -OCH3 is 1. The number of halogens is 2. The van der Waals surface area contributed by atoms with Crippen molar-refractivity contribution < 1.29 is 33.0 Å². The molecule has 0 aliphatic carbocycles. The molecule has 212 valence electrons. The van der Waals surface area contributed by atoms with Crippen molar-refractivity contribution in [2.45, 2.75) is 13.2 Å². The highest BCUT2D eigenvalue weighted by atomic mass is 35.5. The first kappa shape index (κ1) is 28.4. The summed E-state index contributed by atoms with van der Waals surface area (Å²) in [6.07, 6.45) is 1.30. The molecule has 5 rings (SSSR count). The maximum absolute atomic E-state index is 14.0. The number of nitrogens with one attached hydrogen (secondary N) is 1. The van der Waals surface area contributed by atoms with Crippen molar-refractivity contribution in [3.63, 3.8) is 0 Å². The van der Waals surface area contributed by atoms with E-state index in [0.29, 0.717) is 23.5 Å². The maximum Gasteiger partial charge on any atom is 0.335 e. The fourth-order valence-corrected chi connectivity index (χ4v) is 4.49. The van der Waals surface area contributed by atoms with Crippen molar-refractivity contribution in [3.05, 3.63) is 124 Å². The van der Waals surface area contributed by atoms with Crippen LogP contribution in [-0.4, -0.2) is 25.0 Å². The Bertz CT molecular complexity index is 1670. The first-order valence-corrected chi connectivity index (χ1v) is 13.1. The van der Waals surface area contributed by atoms with Gasteiger partial charge in [0.25, 0.3) is 11.8 Å². The molecule has 0 unspecified atom stereocenters. The molecule has 1 N–H and O–H groups in total. The SMILES string of the molecule is COc1cc(/C=C2\C(=O)NC(=O)N(c3ccc(OCc4ccccc4)cc3)C2=O)cc(Cl)c1OCc1ccccc1F. The molecule has 8 nitrogen and oxygen atoms in total. The van der Waals surface area contributed by atoms with Crippen molar-refractivity contribution in [2.24, 2.45) is 0 Å². The van der Waals surface area contributed by atoms with Crippen LogP contribution >= 0.6 is 11.6 Å². The van der Waals surface area contributed by atoms with Crippen LogP contribution in [0.2, 0.25) is 5.02 Å². The molecule has 10 heteroatoms. The molecule has 0 aromatic heterocycles. The third-order valence-electron chi connectivity index (χ3n) is 6.34. The highest BCUT2D eigenvalue weighted by Gasteiger charge is 2.37. The van der Waals surface area contributed by atoms with Gasteiger partial charge in [-0.25, -0.2) is 14.1 Å². The van der Waals surface area contributed by atoms with Gasteiger partial charge in [0.05, 0.1) is 17.8 Å². The van der Waals surface area contributed by atoms with Gasteiger partial charge in [-0.1, -0.05) is 60.1 Å². The van der Waals surface area contributed by atoms with Gasteiger partial charge in [0.15, 0.2) is 11.5 Å². The maximum atomic E-state index is 14.0. The Labute approximate surface area is 245 Å². The Balaban J connectivity index is 1.35. The minimum absolute atomic E-state index is 0.1000. The molecule has 4 amide bonds. The van der Waals surface area contributed by atoms with E-state index in [-0.39, 0.29) is 34.4 Å². The van der Waals surface area contributed by atoms with E-state index in [0.717, 1.165) is 10.5 Å². The number of rotatable bonds is 9. The fraction of sp³-hybridized carbons (Fsp3) is 0.0938. The van der Waals surface area contributed by atoms with E-state index in [1.165, 1.54) is 31.4 Å². The molecule has 0 bridgehead atoms. The molecule has 1 saturated heterocycles. The number of barbiturate groups is 1. The first-order valence-electron chi connectivity index (χ1n) is 12.8. The van der Waals surface area contributed by atoms with Crippen molar-refractivity contribution in [1.29, 1.82) is 0 Å². The van der Waals surface area contributed by atoms with Crippen LogP contribution in [0.25, 0.3) is 6.08 Å². The van der Waals surface area contributed by atoms with E-state index in [1.54, 1.807) is 42.5 Å². The number of nitrogens with zero attached hydrogens (tertiary/aromatic N) is 1. The second-order valence-electron chi connectivity index (χ2n) is 9.14. The van der Waals surface area contributed by atoms with Gasteiger partial charge in [0.1, 0.15) is 30.4 Å². The molecule has 1 fully saturated rings. The quantitative estimate of drug-likeness (QED) is 0.182. The van der Waals surface area contributed by atoms with Crippen LogP contribution in [0.1, 0.15) is 16.7 Å². The van der Waals surface area contributed by atoms with Crippen molar-refractivity contribution in [3.8, 4) is 17.2 Å². The zero-order chi connectivity index (χ0) is 29.6. The smallest absolute Gasteiger partial charge is 0.335 e. The Morgan fingerprint density at radius 2 is 1.60 bits per heavy atom. The highest BCUT2D eigenvalue weighted by Crippen LogP contribution is 2.38. The van der Waals surface area contributed by atoms with Crippen LogP contribution in [-0.2, 0) is 22.8 Å². The topological polar surface area (TPSA) is 94.2 Å². The van der Waals surface area contributed by atoms with E-state index in [1.807, 2.05) is 30.3 Å². The van der Waals surface area contributed by atoms with Gasteiger partial charge in [0.2, 0.25) is 0 Å². The number of hydrogen-bond acceptors (Lipinski definition) is 6. The third kappa shape index (κ3) is 6.26. The predicted molar refractivity (Wildman–Crippen MR) is 155 cm³/mol. The lowest BCUT2D eigenvalue weighted by Crippen LogP contribution is -2.54. The molecular weight excluding hydrogens is 563 g/mol. The summed E-state index contributed by atoms with van der Waals surface area (Å²) in [4.78, 5) is 39.6. The number of amides is 4. The van der Waals surface area contributed by atoms with Gasteiger partial charge in [0, 0.05) is 5.56 Å². The van der Waals surface area contributed by atoms with Crippen LogP contribution in [0.4, 0.5) is 14.9 Å². The number of carbonyl (C=O) groups is 3. The lowest BCUT2D eigenvalue weighted by Gasteiger charge is -2.26. The third-order valence-corrected chi connectivity index (χ3v) is 6.62. The highest BCUT2D eigenvalue weighted by molar-refractivity contribution is 6.39. The average molecular weight is 587 g/mol.